The van der Waals surface area contributed by atoms with Gasteiger partial charge in [0.1, 0.15) is 66.3 Å². The van der Waals surface area contributed by atoms with Gasteiger partial charge >= 0.3 is 0 Å². The Balaban J connectivity index is 0.000000137. The van der Waals surface area contributed by atoms with Crippen LogP contribution in [0.1, 0.15) is 159 Å². The Hall–Kier alpha value is -12.8. The van der Waals surface area contributed by atoms with Gasteiger partial charge in [0.05, 0.1) is 126 Å². The van der Waals surface area contributed by atoms with E-state index in [1.165, 1.54) is 30.3 Å². The number of anilines is 1. The molecule has 6 aliphatic rings. The Morgan fingerprint density at radius 1 is 0.435 bits per heavy atom. The van der Waals surface area contributed by atoms with Gasteiger partial charge in [0.15, 0.2) is 17.4 Å². The lowest BCUT2D eigenvalue weighted by atomic mass is 9.93. The molecule has 6 aliphatic heterocycles. The lowest BCUT2D eigenvalue weighted by Crippen LogP contribution is -2.46. The zero-order chi connectivity index (χ0) is 85.9. The van der Waals surface area contributed by atoms with Crippen LogP contribution in [0.25, 0.3) is 38.9 Å². The van der Waals surface area contributed by atoms with Crippen LogP contribution in [-0.4, -0.2) is 165 Å². The van der Waals surface area contributed by atoms with E-state index < -0.39 is 23.3 Å². The van der Waals surface area contributed by atoms with Crippen molar-refractivity contribution in [3.63, 3.8) is 0 Å². The number of carbonyl (C=O) groups is 2. The Morgan fingerprint density at radius 3 is 1.22 bits per heavy atom. The molecule has 0 amide bonds. The van der Waals surface area contributed by atoms with Crippen molar-refractivity contribution >= 4 is 56.2 Å². The van der Waals surface area contributed by atoms with E-state index in [1.807, 2.05) is 97.1 Å². The van der Waals surface area contributed by atoms with Crippen molar-refractivity contribution in [2.45, 2.75) is 148 Å². The highest BCUT2D eigenvalue weighted by molar-refractivity contribution is 5.98. The van der Waals surface area contributed by atoms with Crippen molar-refractivity contribution in [2.24, 2.45) is 0 Å². The van der Waals surface area contributed by atoms with Crippen LogP contribution in [0.4, 0.5) is 23.4 Å². The fourth-order valence-electron chi connectivity index (χ4n) is 16.3. The van der Waals surface area contributed by atoms with Gasteiger partial charge in [-0.25, -0.2) is 42.5 Å². The average molecular weight is 1680 g/mol. The van der Waals surface area contributed by atoms with Gasteiger partial charge in [-0.15, -0.1) is 0 Å². The molecule has 6 aromatic heterocycles. The number of pyridine rings is 3. The summed E-state index contributed by atoms with van der Waals surface area (Å²) in [4.78, 5) is 62.1. The number of benzene rings is 6. The number of carbonyl (C=O) groups excluding carboxylic acids is 2. The van der Waals surface area contributed by atoms with E-state index in [0.717, 1.165) is 211 Å². The molecule has 6 fully saturated rings. The molecule has 124 heavy (non-hydrogen) atoms. The fraction of sp³-hybridized carbons (Fsp3) is 0.358. The minimum absolute atomic E-state index is 0.0255. The molecule has 636 valence electrons. The predicted molar refractivity (Wildman–Crippen MR) is 455 cm³/mol. The van der Waals surface area contributed by atoms with Crippen molar-refractivity contribution in [2.75, 3.05) is 77.1 Å². The number of imidazole rings is 3. The Kier molecular flexibility index (Phi) is 26.5. The van der Waals surface area contributed by atoms with Crippen LogP contribution in [0.15, 0.2) is 164 Å². The highest BCUT2D eigenvalue weighted by Crippen LogP contribution is 2.35. The molecule has 18 rings (SSSR count). The van der Waals surface area contributed by atoms with Crippen LogP contribution in [0.5, 0.6) is 17.6 Å². The van der Waals surface area contributed by atoms with Crippen molar-refractivity contribution < 1.29 is 60.7 Å². The number of piperazine rings is 1. The average Bonchev–Trinajstić information content (AvgIpc) is 1.64. The molecule has 0 bridgehead atoms. The highest BCUT2D eigenvalue weighted by atomic mass is 19.1. The molecule has 0 aliphatic carbocycles. The minimum Gasteiger partial charge on any atom is -0.508 e. The second-order valence-electron chi connectivity index (χ2n) is 32.2. The molecule has 25 nitrogen and oxygen atoms in total. The number of halogens is 4. The molecular formula is C95H94F4N16O9. The van der Waals surface area contributed by atoms with E-state index in [-0.39, 0.29) is 89.5 Å². The van der Waals surface area contributed by atoms with Crippen LogP contribution < -0.4 is 19.1 Å². The molecule has 6 aromatic carbocycles. The first-order chi connectivity index (χ1) is 60.3. The molecule has 12 heterocycles. The van der Waals surface area contributed by atoms with Crippen molar-refractivity contribution in [1.29, 1.82) is 15.8 Å². The minimum atomic E-state index is -0.604. The van der Waals surface area contributed by atoms with Gasteiger partial charge in [0.2, 0.25) is 11.8 Å². The number of piperidine rings is 2. The van der Waals surface area contributed by atoms with Gasteiger partial charge in [-0.1, -0.05) is 36.9 Å². The summed E-state index contributed by atoms with van der Waals surface area (Å²) in [6.45, 7) is 20.1. The molecule has 0 unspecified atom stereocenters. The summed E-state index contributed by atoms with van der Waals surface area (Å²) in [7, 11) is 0. The number of hydrogen-bond donors (Lipinski definition) is 1. The number of Topliss-reactive ketones (excluding diaryl/α,β-unsaturated/α-hetero) is 2. The third-order valence-corrected chi connectivity index (χ3v) is 23.9. The van der Waals surface area contributed by atoms with E-state index in [0.29, 0.717) is 65.1 Å². The van der Waals surface area contributed by atoms with Crippen LogP contribution in [0.2, 0.25) is 0 Å². The maximum Gasteiger partial charge on any atom is 0.250 e. The number of nitrogens with zero attached hydrogens (tertiary/aromatic N) is 16. The molecule has 0 saturated carbocycles. The molecule has 6 saturated heterocycles. The van der Waals surface area contributed by atoms with Gasteiger partial charge < -0.3 is 52.1 Å². The van der Waals surface area contributed by atoms with Crippen LogP contribution in [0, 0.1) is 57.3 Å². The largest absolute Gasteiger partial charge is 0.508 e. The molecular weight excluding hydrogens is 1590 g/mol. The quantitative estimate of drug-likeness (QED) is 0.0284. The maximum atomic E-state index is 14.5. The van der Waals surface area contributed by atoms with E-state index in [1.54, 1.807) is 56.3 Å². The first kappa shape index (κ1) is 84.8. The number of nitriles is 3. The third kappa shape index (κ3) is 20.3. The Labute approximate surface area is 714 Å². The van der Waals surface area contributed by atoms with Crippen molar-refractivity contribution in [1.82, 2.24) is 58.3 Å². The standard InChI is InChI=1S/C32H31F2N5O3.C32H32FN5O3.C31H31FN6O3/c1-20(40)23-4-6-29-30(15-23)39(17-25-10-13-41-25)31(36-29)18-38-11-8-22(9-12-38)28-7-5-26(33)32(37-28)42-19-24-3-2-21(16-35)14-27(24)34;1-21(39)24-7-8-29-30(16-24)38(18-26-11-14-40-26)31(35-29)19-37-12-9-23(10-13-37)28-3-2-4-32(36-28)41-20-25-6-5-22(17-34)15-27(25)33;1-21(39)23-7-8-27-28(16-23)38(18-25-9-14-40-25)30(34-27)19-36-10-12-37(13-11-36)29-3-2-4-31(35-29)41-20-24-6-5-22(17-33)15-26(24)32/h2-7,14-15,22,25H,8-13,17-19H2,1H3;2-8,15-16,23,26H,9-14,18-20H2,1H3;2-8,15-16,25,39H,1,9-14,18-20H2/t25-;26-;25-/m000/s1. The molecule has 0 radical (unpaired) electrons. The number of likely N-dealkylation sites (tertiary alicyclic amines) is 2. The second-order valence-corrected chi connectivity index (χ2v) is 32.2. The summed E-state index contributed by atoms with van der Waals surface area (Å²) in [6, 6.07) is 50.1. The second kappa shape index (κ2) is 38.7. The van der Waals surface area contributed by atoms with E-state index in [4.69, 9.17) is 64.1 Å². The number of aliphatic hydroxyl groups excluding tert-OH is 1. The summed E-state index contributed by atoms with van der Waals surface area (Å²) >= 11 is 0. The molecule has 3 atom stereocenters. The van der Waals surface area contributed by atoms with Gasteiger partial charge in [-0.3, -0.25) is 24.3 Å². The Morgan fingerprint density at radius 2 is 0.823 bits per heavy atom. The van der Waals surface area contributed by atoms with Crippen LogP contribution >= 0.6 is 0 Å². The molecule has 12 aromatic rings. The first-order valence-electron chi connectivity index (χ1n) is 42.0. The summed E-state index contributed by atoms with van der Waals surface area (Å²) in [6.07, 6.45) is 7.19. The van der Waals surface area contributed by atoms with E-state index >= 15 is 0 Å². The molecule has 1 N–H and O–H groups in total. The smallest absolute Gasteiger partial charge is 0.250 e. The maximum absolute atomic E-state index is 14.5. The molecule has 0 spiro atoms. The summed E-state index contributed by atoms with van der Waals surface area (Å²) in [5.74, 6) is 2.92. The van der Waals surface area contributed by atoms with E-state index in [9.17, 15) is 32.3 Å². The van der Waals surface area contributed by atoms with Crippen LogP contribution in [0.3, 0.4) is 0 Å². The van der Waals surface area contributed by atoms with Gasteiger partial charge in [-0.2, -0.15) is 20.8 Å². The lowest BCUT2D eigenvalue weighted by molar-refractivity contribution is -0.0593. The number of aromatic nitrogens is 9. The van der Waals surface area contributed by atoms with E-state index in [2.05, 4.69) is 49.8 Å². The van der Waals surface area contributed by atoms with Crippen LogP contribution in [-0.2, 0) is 73.3 Å². The number of ether oxygens (including phenoxy) is 6. The highest BCUT2D eigenvalue weighted by Gasteiger charge is 2.32. The number of aliphatic hydroxyl groups is 1. The monoisotopic (exact) mass is 1680 g/mol. The SMILES string of the molecule is C=C(O)c1ccc2nc(CN3CCN(c4cccc(OCc5ccc(C#N)cc5F)n4)CC3)n(C[C@@H]3CCO3)c2c1.CC(=O)c1ccc2nc(CN3CCC(c4ccc(F)c(OCc5ccc(C#N)cc5F)n4)CC3)n(C[C@@H]3CCO3)c2c1.CC(=O)c1ccc2nc(CN3CCC(c4cccc(OCc5ccc(C#N)cc5F)n4)CC3)n(C[C@@H]3CCO3)c2c1. The summed E-state index contributed by atoms with van der Waals surface area (Å²) < 4.78 is 98.2. The normalized spacial score (nSPS) is 17.5. The first-order valence-corrected chi connectivity index (χ1v) is 42.0. The fourth-order valence-corrected chi connectivity index (χ4v) is 16.3. The number of hydrogen-bond acceptors (Lipinski definition) is 22. The number of fused-ring (bicyclic) bond motifs is 3. The summed E-state index contributed by atoms with van der Waals surface area (Å²) in [5.41, 5.74) is 11.1. The zero-order valence-electron chi connectivity index (χ0n) is 69.1. The number of ketones is 2. The van der Waals surface area contributed by atoms with Gasteiger partial charge in [0, 0.05) is 115 Å². The van der Waals surface area contributed by atoms with Crippen molar-refractivity contribution in [3.8, 4) is 35.8 Å². The Bertz CT molecular complexity index is 5820. The number of rotatable bonds is 27. The predicted octanol–water partition coefficient (Wildman–Crippen LogP) is 15.6. The summed E-state index contributed by atoms with van der Waals surface area (Å²) in [5, 5.41) is 36.7. The molecule has 29 heteroatoms. The van der Waals surface area contributed by atoms with Gasteiger partial charge in [-0.05, 0) is 200 Å². The van der Waals surface area contributed by atoms with Crippen molar-refractivity contribution in [3.05, 3.63) is 267 Å². The lowest BCUT2D eigenvalue weighted by Gasteiger charge is -2.35. The topological polar surface area (TPSA) is 286 Å². The van der Waals surface area contributed by atoms with Gasteiger partial charge in [0.25, 0.3) is 5.88 Å². The zero-order valence-corrected chi connectivity index (χ0v) is 69.1. The third-order valence-electron chi connectivity index (χ3n) is 23.9.